The van der Waals surface area contributed by atoms with E-state index in [1.165, 1.54) is 24.7 Å². The molecule has 0 saturated carbocycles. The van der Waals surface area contributed by atoms with E-state index in [1.54, 1.807) is 0 Å². The number of H-pyrrole nitrogens is 1. The molecular formula is C11H7FN2O2. The zero-order chi connectivity index (χ0) is 11.5. The number of aromatic amines is 1. The molecule has 0 aliphatic carbocycles. The molecule has 0 radical (unpaired) electrons. The fraction of sp³-hybridized carbons (Fsp3) is 0. The van der Waals surface area contributed by atoms with Gasteiger partial charge in [-0.15, -0.1) is 0 Å². The minimum absolute atomic E-state index is 0.0826. The van der Waals surface area contributed by atoms with E-state index in [9.17, 15) is 14.0 Å². The summed E-state index contributed by atoms with van der Waals surface area (Å²) in [5, 5.41) is 0. The summed E-state index contributed by atoms with van der Waals surface area (Å²) < 4.78 is 13.1. The average molecular weight is 218 g/mol. The summed E-state index contributed by atoms with van der Waals surface area (Å²) >= 11 is 0. The second-order valence-electron chi connectivity index (χ2n) is 3.15. The van der Waals surface area contributed by atoms with Crippen molar-refractivity contribution < 1.29 is 9.18 Å². The molecule has 4 nitrogen and oxygen atoms in total. The molecule has 0 amide bonds. The van der Waals surface area contributed by atoms with Crippen molar-refractivity contribution in [3.63, 3.8) is 0 Å². The summed E-state index contributed by atoms with van der Waals surface area (Å²) in [7, 11) is 0. The van der Waals surface area contributed by atoms with Crippen molar-refractivity contribution in [2.24, 2.45) is 0 Å². The predicted molar refractivity (Wildman–Crippen MR) is 55.6 cm³/mol. The van der Waals surface area contributed by atoms with Gasteiger partial charge in [0.2, 0.25) is 0 Å². The Morgan fingerprint density at radius 1 is 1.38 bits per heavy atom. The van der Waals surface area contributed by atoms with E-state index in [2.05, 4.69) is 9.97 Å². The minimum atomic E-state index is -0.612. The second kappa shape index (κ2) is 4.06. The SMILES string of the molecule is O=Cc1cc(-c2cnc[nH]c2=O)ccc1F. The van der Waals surface area contributed by atoms with E-state index in [1.807, 2.05) is 0 Å². The largest absolute Gasteiger partial charge is 0.313 e. The van der Waals surface area contributed by atoms with Gasteiger partial charge >= 0.3 is 0 Å². The van der Waals surface area contributed by atoms with Crippen molar-refractivity contribution >= 4 is 6.29 Å². The van der Waals surface area contributed by atoms with E-state index in [4.69, 9.17) is 0 Å². The molecule has 0 atom stereocenters. The summed E-state index contributed by atoms with van der Waals surface area (Å²) in [5.74, 6) is -0.612. The van der Waals surface area contributed by atoms with Crippen molar-refractivity contribution in [1.29, 1.82) is 0 Å². The fourth-order valence-corrected chi connectivity index (χ4v) is 1.35. The van der Waals surface area contributed by atoms with Crippen LogP contribution >= 0.6 is 0 Å². The maximum absolute atomic E-state index is 13.1. The maximum atomic E-state index is 13.1. The van der Waals surface area contributed by atoms with Crippen LogP contribution in [0.15, 0.2) is 35.5 Å². The van der Waals surface area contributed by atoms with E-state index in [-0.39, 0.29) is 11.1 Å². The van der Waals surface area contributed by atoms with Gasteiger partial charge in [0.15, 0.2) is 6.29 Å². The Morgan fingerprint density at radius 2 is 2.19 bits per heavy atom. The first-order chi connectivity index (χ1) is 7.72. The van der Waals surface area contributed by atoms with Gasteiger partial charge < -0.3 is 4.98 Å². The van der Waals surface area contributed by atoms with E-state index in [0.717, 1.165) is 6.07 Å². The number of halogens is 1. The highest BCUT2D eigenvalue weighted by atomic mass is 19.1. The normalized spacial score (nSPS) is 10.1. The number of hydrogen-bond acceptors (Lipinski definition) is 3. The lowest BCUT2D eigenvalue weighted by atomic mass is 10.1. The van der Waals surface area contributed by atoms with Crippen LogP contribution in [-0.4, -0.2) is 16.3 Å². The van der Waals surface area contributed by atoms with Gasteiger partial charge in [0.05, 0.1) is 17.5 Å². The number of carbonyl (C=O) groups excluding carboxylic acids is 1. The summed E-state index contributed by atoms with van der Waals surface area (Å²) in [6, 6.07) is 3.88. The summed E-state index contributed by atoms with van der Waals surface area (Å²) in [6.07, 6.45) is 3.03. The molecule has 0 bridgehead atoms. The number of hydrogen-bond donors (Lipinski definition) is 1. The molecule has 80 valence electrons. The third kappa shape index (κ3) is 1.75. The predicted octanol–water partition coefficient (Wildman–Crippen LogP) is 1.39. The van der Waals surface area contributed by atoms with Crippen LogP contribution in [0.1, 0.15) is 10.4 Å². The Morgan fingerprint density at radius 3 is 2.88 bits per heavy atom. The first kappa shape index (κ1) is 10.2. The highest BCUT2D eigenvalue weighted by Crippen LogP contribution is 2.17. The van der Waals surface area contributed by atoms with Crippen molar-refractivity contribution in [2.75, 3.05) is 0 Å². The Balaban J connectivity index is 2.62. The molecule has 0 spiro atoms. The number of benzene rings is 1. The molecule has 1 aromatic carbocycles. The zero-order valence-corrected chi connectivity index (χ0v) is 8.11. The molecule has 0 aliphatic rings. The monoisotopic (exact) mass is 218 g/mol. The van der Waals surface area contributed by atoms with Crippen molar-refractivity contribution in [3.05, 3.63) is 52.5 Å². The van der Waals surface area contributed by atoms with Gasteiger partial charge in [0.1, 0.15) is 5.82 Å². The first-order valence-corrected chi connectivity index (χ1v) is 4.50. The Labute approximate surface area is 89.8 Å². The number of nitrogens with zero attached hydrogens (tertiary/aromatic N) is 1. The van der Waals surface area contributed by atoms with Crippen LogP contribution < -0.4 is 5.56 Å². The van der Waals surface area contributed by atoms with Gasteiger partial charge in [-0.05, 0) is 17.7 Å². The Kier molecular flexibility index (Phi) is 2.59. The molecule has 0 fully saturated rings. The van der Waals surface area contributed by atoms with Crippen molar-refractivity contribution in [2.45, 2.75) is 0 Å². The van der Waals surface area contributed by atoms with Crippen LogP contribution in [0.2, 0.25) is 0 Å². The summed E-state index contributed by atoms with van der Waals surface area (Å²) in [4.78, 5) is 28.1. The van der Waals surface area contributed by atoms with Gasteiger partial charge in [0, 0.05) is 6.20 Å². The molecule has 2 rings (SSSR count). The minimum Gasteiger partial charge on any atom is -0.313 e. The molecule has 16 heavy (non-hydrogen) atoms. The van der Waals surface area contributed by atoms with Crippen LogP contribution in [0.5, 0.6) is 0 Å². The molecule has 0 saturated heterocycles. The fourth-order valence-electron chi connectivity index (χ4n) is 1.35. The van der Waals surface area contributed by atoms with Crippen LogP contribution in [-0.2, 0) is 0 Å². The molecule has 1 aromatic heterocycles. The number of aldehydes is 1. The molecule has 1 heterocycles. The van der Waals surface area contributed by atoms with Crippen LogP contribution in [0, 0.1) is 5.82 Å². The van der Waals surface area contributed by atoms with Gasteiger partial charge in [-0.1, -0.05) is 6.07 Å². The lowest BCUT2D eigenvalue weighted by Gasteiger charge is -2.01. The molecule has 5 heteroatoms. The summed E-state index contributed by atoms with van der Waals surface area (Å²) in [6.45, 7) is 0. The lowest BCUT2D eigenvalue weighted by Crippen LogP contribution is -2.08. The topological polar surface area (TPSA) is 62.8 Å². The highest BCUT2D eigenvalue weighted by Gasteiger charge is 2.07. The van der Waals surface area contributed by atoms with E-state index >= 15 is 0 Å². The summed E-state index contributed by atoms with van der Waals surface area (Å²) in [5.41, 5.74) is 0.336. The number of carbonyl (C=O) groups is 1. The van der Waals surface area contributed by atoms with Crippen molar-refractivity contribution in [3.8, 4) is 11.1 Å². The molecule has 1 N–H and O–H groups in total. The van der Waals surface area contributed by atoms with Crippen LogP contribution in [0.3, 0.4) is 0 Å². The Bertz CT molecular complexity index is 593. The van der Waals surface area contributed by atoms with Crippen molar-refractivity contribution in [1.82, 2.24) is 9.97 Å². The van der Waals surface area contributed by atoms with Gasteiger partial charge in [-0.3, -0.25) is 9.59 Å². The average Bonchev–Trinajstić information content (AvgIpc) is 2.31. The lowest BCUT2D eigenvalue weighted by molar-refractivity contribution is 0.112. The third-order valence-corrected chi connectivity index (χ3v) is 2.15. The highest BCUT2D eigenvalue weighted by molar-refractivity contribution is 5.79. The molecule has 0 unspecified atom stereocenters. The number of rotatable bonds is 2. The van der Waals surface area contributed by atoms with Gasteiger partial charge in [-0.25, -0.2) is 9.37 Å². The van der Waals surface area contributed by atoms with Crippen LogP contribution in [0.4, 0.5) is 4.39 Å². The molecule has 2 aromatic rings. The number of aromatic nitrogens is 2. The first-order valence-electron chi connectivity index (χ1n) is 4.50. The maximum Gasteiger partial charge on any atom is 0.258 e. The van der Waals surface area contributed by atoms with Crippen LogP contribution in [0.25, 0.3) is 11.1 Å². The van der Waals surface area contributed by atoms with E-state index in [0.29, 0.717) is 17.4 Å². The Hall–Kier alpha value is -2.30. The third-order valence-electron chi connectivity index (χ3n) is 2.15. The number of nitrogens with one attached hydrogen (secondary N) is 1. The van der Waals surface area contributed by atoms with Gasteiger partial charge in [0.25, 0.3) is 5.56 Å². The quantitative estimate of drug-likeness (QED) is 0.774. The second-order valence-corrected chi connectivity index (χ2v) is 3.15. The molecular weight excluding hydrogens is 211 g/mol. The molecule has 0 aliphatic heterocycles. The standard InChI is InChI=1S/C11H7FN2O2/c12-10-2-1-7(3-8(10)5-15)9-4-13-6-14-11(9)16/h1-6H,(H,13,14,16). The smallest absolute Gasteiger partial charge is 0.258 e. The zero-order valence-electron chi connectivity index (χ0n) is 8.11. The van der Waals surface area contributed by atoms with Gasteiger partial charge in [-0.2, -0.15) is 0 Å². The van der Waals surface area contributed by atoms with E-state index < -0.39 is 5.82 Å².